The molecule has 0 saturated carbocycles. The Bertz CT molecular complexity index is 702. The van der Waals surface area contributed by atoms with Crippen molar-refractivity contribution in [3.05, 3.63) is 35.4 Å². The predicted octanol–water partition coefficient (Wildman–Crippen LogP) is 5.10. The Morgan fingerprint density at radius 1 is 1.21 bits per heavy atom. The minimum absolute atomic E-state index is 0.0299. The van der Waals surface area contributed by atoms with Crippen LogP contribution >= 0.6 is 0 Å². The van der Waals surface area contributed by atoms with Crippen LogP contribution in [0.2, 0.25) is 0 Å². The first-order valence-corrected chi connectivity index (χ1v) is 9.44. The number of likely N-dealkylation sites (tertiary alicyclic amines) is 1. The Hall–Kier alpha value is -2.05. The van der Waals surface area contributed by atoms with Gasteiger partial charge in [0.05, 0.1) is 5.56 Å². The number of halogens is 3. The number of carbonyl (C=O) groups is 2. The molecule has 4 nitrogen and oxygen atoms in total. The molecule has 1 heterocycles. The summed E-state index contributed by atoms with van der Waals surface area (Å²) < 4.78 is 45.2. The molecule has 7 heteroatoms. The largest absolute Gasteiger partial charge is 0.444 e. The Morgan fingerprint density at radius 3 is 2.29 bits per heavy atom. The number of amides is 1. The number of hydrogen-bond donors (Lipinski definition) is 0. The SMILES string of the molecule is CC(C)(C)OC(=O)N1CCC(C)(C(C=O)Cc2ccccc2C(F)(F)F)CC1. The van der Waals surface area contributed by atoms with E-state index in [0.29, 0.717) is 25.9 Å². The van der Waals surface area contributed by atoms with Crippen LogP contribution in [0, 0.1) is 11.3 Å². The van der Waals surface area contributed by atoms with Gasteiger partial charge in [0.15, 0.2) is 0 Å². The summed E-state index contributed by atoms with van der Waals surface area (Å²) in [6.45, 7) is 8.11. The van der Waals surface area contributed by atoms with Gasteiger partial charge in [-0.05, 0) is 57.1 Å². The fourth-order valence-electron chi connectivity index (χ4n) is 3.57. The van der Waals surface area contributed by atoms with Gasteiger partial charge in [-0.15, -0.1) is 0 Å². The summed E-state index contributed by atoms with van der Waals surface area (Å²) in [5, 5.41) is 0. The van der Waals surface area contributed by atoms with Gasteiger partial charge in [0.1, 0.15) is 11.9 Å². The van der Waals surface area contributed by atoms with Crippen LogP contribution in [0.25, 0.3) is 0 Å². The summed E-state index contributed by atoms with van der Waals surface area (Å²) in [6, 6.07) is 5.38. The Labute approximate surface area is 164 Å². The van der Waals surface area contributed by atoms with Gasteiger partial charge in [0, 0.05) is 19.0 Å². The van der Waals surface area contributed by atoms with Gasteiger partial charge in [-0.2, -0.15) is 13.2 Å². The number of nitrogens with zero attached hydrogens (tertiary/aromatic N) is 1. The standard InChI is InChI=1S/C21H28F3NO3/c1-19(2,3)28-18(27)25-11-9-20(4,10-12-25)16(14-26)13-15-7-5-6-8-17(15)21(22,23)24/h5-8,14,16H,9-13H2,1-4H3. The zero-order valence-corrected chi connectivity index (χ0v) is 16.8. The quantitative estimate of drug-likeness (QED) is 0.662. The smallest absolute Gasteiger partial charge is 0.416 e. The first-order valence-electron chi connectivity index (χ1n) is 9.44. The van der Waals surface area contributed by atoms with Crippen LogP contribution in [-0.2, 0) is 22.1 Å². The molecule has 0 radical (unpaired) electrons. The van der Waals surface area contributed by atoms with Crippen molar-refractivity contribution in [1.82, 2.24) is 4.90 Å². The fraction of sp³-hybridized carbons (Fsp3) is 0.619. The van der Waals surface area contributed by atoms with E-state index < -0.39 is 34.8 Å². The van der Waals surface area contributed by atoms with Crippen LogP contribution in [0.15, 0.2) is 24.3 Å². The molecule has 1 saturated heterocycles. The lowest BCUT2D eigenvalue weighted by Crippen LogP contribution is -2.47. The Kier molecular flexibility index (Phi) is 6.46. The summed E-state index contributed by atoms with van der Waals surface area (Å²) >= 11 is 0. The van der Waals surface area contributed by atoms with E-state index in [9.17, 15) is 22.8 Å². The van der Waals surface area contributed by atoms with E-state index >= 15 is 0 Å². The minimum atomic E-state index is -4.45. The van der Waals surface area contributed by atoms with Crippen molar-refractivity contribution in [2.24, 2.45) is 11.3 Å². The van der Waals surface area contributed by atoms with Crippen molar-refractivity contribution >= 4 is 12.4 Å². The number of ether oxygens (including phenoxy) is 1. The lowest BCUT2D eigenvalue weighted by Gasteiger charge is -2.43. The molecule has 1 fully saturated rings. The molecule has 1 aromatic rings. The summed E-state index contributed by atoms with van der Waals surface area (Å²) in [6.07, 6.45) is -3.00. The first kappa shape index (κ1) is 22.2. The average Bonchev–Trinajstić information content (AvgIpc) is 2.58. The lowest BCUT2D eigenvalue weighted by molar-refractivity contribution is -0.138. The van der Waals surface area contributed by atoms with Crippen LogP contribution in [0.1, 0.15) is 51.7 Å². The van der Waals surface area contributed by atoms with Crippen molar-refractivity contribution in [3.8, 4) is 0 Å². The fourth-order valence-corrected chi connectivity index (χ4v) is 3.57. The second-order valence-corrected chi connectivity index (χ2v) is 8.72. The number of carbonyl (C=O) groups excluding carboxylic acids is 2. The number of hydrogen-bond acceptors (Lipinski definition) is 3. The van der Waals surface area contributed by atoms with E-state index in [0.717, 1.165) is 12.4 Å². The number of rotatable bonds is 4. The van der Waals surface area contributed by atoms with Crippen LogP contribution in [0.3, 0.4) is 0 Å². The average molecular weight is 399 g/mol. The lowest BCUT2D eigenvalue weighted by atomic mass is 9.68. The number of benzene rings is 1. The van der Waals surface area contributed by atoms with Gasteiger partial charge < -0.3 is 14.4 Å². The molecule has 0 aliphatic carbocycles. The second kappa shape index (κ2) is 8.13. The summed E-state index contributed by atoms with van der Waals surface area (Å²) in [7, 11) is 0. The van der Waals surface area contributed by atoms with Gasteiger partial charge in [-0.25, -0.2) is 4.79 Å². The van der Waals surface area contributed by atoms with Crippen molar-refractivity contribution in [1.29, 1.82) is 0 Å². The maximum Gasteiger partial charge on any atom is 0.416 e. The van der Waals surface area contributed by atoms with Gasteiger partial charge in [0.25, 0.3) is 0 Å². The van der Waals surface area contributed by atoms with Gasteiger partial charge in [-0.1, -0.05) is 25.1 Å². The zero-order chi connectivity index (χ0) is 21.2. The Morgan fingerprint density at radius 2 is 1.79 bits per heavy atom. The van der Waals surface area contributed by atoms with E-state index in [4.69, 9.17) is 4.74 Å². The van der Waals surface area contributed by atoms with E-state index in [2.05, 4.69) is 0 Å². The molecule has 28 heavy (non-hydrogen) atoms. The molecular formula is C21H28F3NO3. The molecule has 1 aromatic carbocycles. The highest BCUT2D eigenvalue weighted by atomic mass is 19.4. The molecule has 1 aliphatic rings. The van der Waals surface area contributed by atoms with Crippen LogP contribution in [0.4, 0.5) is 18.0 Å². The van der Waals surface area contributed by atoms with E-state index in [1.807, 2.05) is 6.92 Å². The highest BCUT2D eigenvalue weighted by Gasteiger charge is 2.41. The van der Waals surface area contributed by atoms with E-state index in [1.54, 1.807) is 31.7 Å². The molecule has 0 bridgehead atoms. The van der Waals surface area contributed by atoms with Crippen molar-refractivity contribution < 1.29 is 27.5 Å². The number of alkyl halides is 3. The van der Waals surface area contributed by atoms with Crippen LogP contribution in [0.5, 0.6) is 0 Å². The summed E-state index contributed by atoms with van der Waals surface area (Å²) in [5.41, 5.74) is -1.64. The molecule has 156 valence electrons. The Balaban J connectivity index is 2.10. The molecule has 1 amide bonds. The summed E-state index contributed by atoms with van der Waals surface area (Å²) in [5.74, 6) is -0.559. The zero-order valence-electron chi connectivity index (χ0n) is 16.8. The topological polar surface area (TPSA) is 46.6 Å². The second-order valence-electron chi connectivity index (χ2n) is 8.72. The monoisotopic (exact) mass is 399 g/mol. The molecule has 0 N–H and O–H groups in total. The molecule has 0 aromatic heterocycles. The van der Waals surface area contributed by atoms with E-state index in [-0.39, 0.29) is 12.0 Å². The van der Waals surface area contributed by atoms with Crippen molar-refractivity contribution in [3.63, 3.8) is 0 Å². The maximum absolute atomic E-state index is 13.3. The van der Waals surface area contributed by atoms with Gasteiger partial charge in [-0.3, -0.25) is 0 Å². The third-order valence-corrected chi connectivity index (χ3v) is 5.38. The molecule has 1 unspecified atom stereocenters. The summed E-state index contributed by atoms with van der Waals surface area (Å²) in [4.78, 5) is 25.6. The third kappa shape index (κ3) is 5.49. The molecule has 0 spiro atoms. The number of piperidine rings is 1. The van der Waals surface area contributed by atoms with Crippen molar-refractivity contribution in [2.45, 2.75) is 58.7 Å². The maximum atomic E-state index is 13.3. The number of aldehydes is 1. The van der Waals surface area contributed by atoms with Gasteiger partial charge in [0.2, 0.25) is 0 Å². The minimum Gasteiger partial charge on any atom is -0.444 e. The highest BCUT2D eigenvalue weighted by Crippen LogP contribution is 2.41. The van der Waals surface area contributed by atoms with Gasteiger partial charge >= 0.3 is 12.3 Å². The van der Waals surface area contributed by atoms with Crippen LogP contribution < -0.4 is 0 Å². The molecular weight excluding hydrogens is 371 g/mol. The van der Waals surface area contributed by atoms with Crippen LogP contribution in [-0.4, -0.2) is 36.0 Å². The first-order chi connectivity index (χ1) is 12.9. The molecule has 1 atom stereocenters. The third-order valence-electron chi connectivity index (χ3n) is 5.38. The van der Waals surface area contributed by atoms with E-state index in [1.165, 1.54) is 12.1 Å². The highest BCUT2D eigenvalue weighted by molar-refractivity contribution is 5.68. The normalized spacial score (nSPS) is 18.5. The van der Waals surface area contributed by atoms with Crippen molar-refractivity contribution in [2.75, 3.05) is 13.1 Å². The molecule has 2 rings (SSSR count). The molecule has 1 aliphatic heterocycles. The predicted molar refractivity (Wildman–Crippen MR) is 99.9 cm³/mol.